The molecule has 1 aliphatic rings. The molecule has 0 radical (unpaired) electrons. The third kappa shape index (κ3) is 2.85. The predicted molar refractivity (Wildman–Crippen MR) is 89.2 cm³/mol. The molecule has 5 heteroatoms. The number of hydrogen-bond donors (Lipinski definition) is 1. The molecule has 1 saturated heterocycles. The summed E-state index contributed by atoms with van der Waals surface area (Å²) in [6.45, 7) is 1.09. The Morgan fingerprint density at radius 3 is 2.86 bits per heavy atom. The lowest BCUT2D eigenvalue weighted by Crippen LogP contribution is -2.23. The summed E-state index contributed by atoms with van der Waals surface area (Å²) in [5, 5.41) is 9.97. The van der Waals surface area contributed by atoms with Crippen molar-refractivity contribution >= 4 is 23.2 Å². The first-order chi connectivity index (χ1) is 10.4. The van der Waals surface area contributed by atoms with Crippen molar-refractivity contribution in [1.29, 1.82) is 0 Å². The van der Waals surface area contributed by atoms with Gasteiger partial charge in [0.15, 0.2) is 0 Å². The molecule has 0 saturated carbocycles. The van der Waals surface area contributed by atoms with Crippen LogP contribution in [0.5, 0.6) is 0 Å². The largest absolute Gasteiger partial charge is 0.339 e. The summed E-state index contributed by atoms with van der Waals surface area (Å²) < 4.78 is 5.43. The molecule has 4 nitrogen and oxygen atoms in total. The highest BCUT2D eigenvalue weighted by molar-refractivity contribution is 5.94. The molecule has 22 heavy (non-hydrogen) atoms. The molecule has 0 aliphatic carbocycles. The lowest BCUT2D eigenvalue weighted by atomic mass is 10.0. The third-order valence-electron chi connectivity index (χ3n) is 4.08. The Morgan fingerprint density at radius 2 is 2.00 bits per heavy atom. The minimum Gasteiger partial charge on any atom is -0.339 e. The van der Waals surface area contributed by atoms with Crippen molar-refractivity contribution < 1.29 is 4.52 Å². The average Bonchev–Trinajstić information content (AvgIpc) is 3.19. The lowest BCUT2D eigenvalue weighted by molar-refractivity contribution is 0.364. The minimum absolute atomic E-state index is 0. The summed E-state index contributed by atoms with van der Waals surface area (Å²) in [5.41, 5.74) is 1.03. The van der Waals surface area contributed by atoms with Crippen LogP contribution in [0.4, 0.5) is 0 Å². The number of nitrogens with one attached hydrogen (secondary N) is 1. The van der Waals surface area contributed by atoms with Gasteiger partial charge in [0, 0.05) is 18.0 Å². The van der Waals surface area contributed by atoms with Gasteiger partial charge in [0.05, 0.1) is 0 Å². The monoisotopic (exact) mass is 315 g/mol. The highest BCUT2D eigenvalue weighted by atomic mass is 35.5. The molecule has 1 aliphatic heterocycles. The molecular formula is C17H18ClN3O. The van der Waals surface area contributed by atoms with Crippen LogP contribution < -0.4 is 5.32 Å². The van der Waals surface area contributed by atoms with Gasteiger partial charge in [0.25, 0.3) is 0 Å². The van der Waals surface area contributed by atoms with Crippen molar-refractivity contribution in [3.8, 4) is 11.4 Å². The molecule has 2 aromatic carbocycles. The number of hydrogen-bond acceptors (Lipinski definition) is 4. The smallest absolute Gasteiger partial charge is 0.228 e. The Hall–Kier alpha value is -1.91. The number of fused-ring (bicyclic) bond motifs is 1. The van der Waals surface area contributed by atoms with Crippen LogP contribution in [-0.2, 0) is 6.42 Å². The van der Waals surface area contributed by atoms with Gasteiger partial charge in [-0.3, -0.25) is 0 Å². The van der Waals surface area contributed by atoms with Crippen LogP contribution in [0.3, 0.4) is 0 Å². The van der Waals surface area contributed by atoms with Crippen molar-refractivity contribution in [1.82, 2.24) is 15.5 Å². The molecule has 1 atom stereocenters. The first-order valence-electron chi connectivity index (χ1n) is 7.44. The minimum atomic E-state index is 0. The van der Waals surface area contributed by atoms with Gasteiger partial charge in [-0.05, 0) is 30.2 Å². The highest BCUT2D eigenvalue weighted by Gasteiger charge is 2.18. The number of rotatable bonds is 3. The van der Waals surface area contributed by atoms with Crippen molar-refractivity contribution in [2.75, 3.05) is 6.54 Å². The molecule has 3 aromatic rings. The van der Waals surface area contributed by atoms with Crippen molar-refractivity contribution in [2.24, 2.45) is 0 Å². The van der Waals surface area contributed by atoms with E-state index in [4.69, 9.17) is 4.52 Å². The zero-order valence-corrected chi connectivity index (χ0v) is 13.0. The first kappa shape index (κ1) is 15.0. The fraction of sp³-hybridized carbons (Fsp3) is 0.294. The van der Waals surface area contributed by atoms with Crippen LogP contribution in [0, 0.1) is 0 Å². The topological polar surface area (TPSA) is 51.0 Å². The molecule has 1 unspecified atom stereocenters. The van der Waals surface area contributed by atoms with Gasteiger partial charge in [-0.1, -0.05) is 47.6 Å². The summed E-state index contributed by atoms with van der Waals surface area (Å²) in [4.78, 5) is 4.58. The average molecular weight is 316 g/mol. The zero-order chi connectivity index (χ0) is 14.1. The zero-order valence-electron chi connectivity index (χ0n) is 12.2. The van der Waals surface area contributed by atoms with Gasteiger partial charge in [0.2, 0.25) is 11.7 Å². The maximum atomic E-state index is 5.43. The molecule has 0 spiro atoms. The van der Waals surface area contributed by atoms with E-state index in [2.05, 4.69) is 33.7 Å². The van der Waals surface area contributed by atoms with E-state index in [1.165, 1.54) is 18.2 Å². The van der Waals surface area contributed by atoms with Crippen LogP contribution in [0.25, 0.3) is 22.2 Å². The van der Waals surface area contributed by atoms with E-state index in [1.807, 2.05) is 24.3 Å². The van der Waals surface area contributed by atoms with E-state index in [1.54, 1.807) is 0 Å². The Morgan fingerprint density at radius 1 is 1.14 bits per heavy atom. The summed E-state index contributed by atoms with van der Waals surface area (Å²) in [5.74, 6) is 1.40. The van der Waals surface area contributed by atoms with E-state index in [-0.39, 0.29) is 12.4 Å². The van der Waals surface area contributed by atoms with E-state index in [0.29, 0.717) is 11.9 Å². The Labute approximate surface area is 135 Å². The van der Waals surface area contributed by atoms with E-state index in [9.17, 15) is 0 Å². The molecule has 4 rings (SSSR count). The molecule has 1 fully saturated rings. The van der Waals surface area contributed by atoms with Crippen molar-refractivity contribution in [2.45, 2.75) is 25.3 Å². The second-order valence-electron chi connectivity index (χ2n) is 5.54. The number of aromatic nitrogens is 2. The second kappa shape index (κ2) is 6.46. The van der Waals surface area contributed by atoms with Gasteiger partial charge >= 0.3 is 0 Å². The van der Waals surface area contributed by atoms with Gasteiger partial charge in [-0.15, -0.1) is 12.4 Å². The molecule has 2 heterocycles. The van der Waals surface area contributed by atoms with Gasteiger partial charge < -0.3 is 9.84 Å². The molecule has 0 bridgehead atoms. The first-order valence-corrected chi connectivity index (χ1v) is 7.44. The van der Waals surface area contributed by atoms with Crippen LogP contribution in [0.15, 0.2) is 47.0 Å². The Bertz CT molecular complexity index is 760. The molecule has 1 aromatic heterocycles. The molecule has 1 N–H and O–H groups in total. The predicted octanol–water partition coefficient (Wildman–Crippen LogP) is 3.61. The maximum Gasteiger partial charge on any atom is 0.228 e. The molecule has 0 amide bonds. The number of halogens is 1. The molecule has 114 valence electrons. The Balaban J connectivity index is 0.00000144. The van der Waals surface area contributed by atoms with E-state index < -0.39 is 0 Å². The summed E-state index contributed by atoms with van der Waals surface area (Å²) in [6, 6.07) is 14.9. The van der Waals surface area contributed by atoms with E-state index >= 15 is 0 Å². The van der Waals surface area contributed by atoms with Gasteiger partial charge in [-0.2, -0.15) is 4.98 Å². The van der Waals surface area contributed by atoms with E-state index in [0.717, 1.165) is 29.8 Å². The van der Waals surface area contributed by atoms with Crippen molar-refractivity contribution in [3.63, 3.8) is 0 Å². The quantitative estimate of drug-likeness (QED) is 0.802. The fourth-order valence-corrected chi connectivity index (χ4v) is 3.01. The summed E-state index contributed by atoms with van der Waals surface area (Å²) in [6.07, 6.45) is 3.23. The third-order valence-corrected chi connectivity index (χ3v) is 4.08. The number of benzene rings is 2. The van der Waals surface area contributed by atoms with Crippen LogP contribution in [0.2, 0.25) is 0 Å². The maximum absolute atomic E-state index is 5.43. The normalized spacial score (nSPS) is 17.5. The van der Waals surface area contributed by atoms with Crippen LogP contribution >= 0.6 is 12.4 Å². The van der Waals surface area contributed by atoms with Crippen LogP contribution in [-0.4, -0.2) is 22.7 Å². The van der Waals surface area contributed by atoms with Gasteiger partial charge in [0.1, 0.15) is 0 Å². The van der Waals surface area contributed by atoms with Crippen molar-refractivity contribution in [3.05, 3.63) is 48.4 Å². The highest BCUT2D eigenvalue weighted by Crippen LogP contribution is 2.26. The van der Waals surface area contributed by atoms with Gasteiger partial charge in [-0.25, -0.2) is 0 Å². The Kier molecular flexibility index (Phi) is 4.41. The van der Waals surface area contributed by atoms with Crippen LogP contribution in [0.1, 0.15) is 18.7 Å². The second-order valence-corrected chi connectivity index (χ2v) is 5.54. The lowest BCUT2D eigenvalue weighted by Gasteiger charge is -2.04. The summed E-state index contributed by atoms with van der Waals surface area (Å²) in [7, 11) is 0. The SMILES string of the molecule is Cl.c1ccc2c(-c3noc(CC4CCCN4)n3)cccc2c1. The standard InChI is InChI=1S/C17H17N3O.ClH/c1-2-8-14-12(5-1)6-3-9-15(14)17-19-16(21-20-17)11-13-7-4-10-18-13;/h1-3,5-6,8-9,13,18H,4,7,10-11H2;1H. The fourth-order valence-electron chi connectivity index (χ4n) is 3.01. The number of nitrogens with zero attached hydrogens (tertiary/aromatic N) is 2. The summed E-state index contributed by atoms with van der Waals surface area (Å²) >= 11 is 0. The molecular weight excluding hydrogens is 298 g/mol.